The van der Waals surface area contributed by atoms with Crippen LogP contribution in [0.3, 0.4) is 0 Å². The van der Waals surface area contributed by atoms with Gasteiger partial charge in [-0.1, -0.05) is 48.6 Å². The highest BCUT2D eigenvalue weighted by Crippen LogP contribution is 2.24. The molecule has 0 heterocycles. The minimum atomic E-state index is -1.54. The number of hydrogen-bond acceptors (Lipinski definition) is 8. The number of carbonyl (C=O) groups is 4. The van der Waals surface area contributed by atoms with E-state index in [9.17, 15) is 29.4 Å². The second-order valence-corrected chi connectivity index (χ2v) is 10.2. The molecule has 8 nitrogen and oxygen atoms in total. The van der Waals surface area contributed by atoms with Gasteiger partial charge < -0.3 is 19.7 Å². The predicted molar refractivity (Wildman–Crippen MR) is 140 cm³/mol. The highest BCUT2D eigenvalue weighted by molar-refractivity contribution is 6.04. The van der Waals surface area contributed by atoms with Gasteiger partial charge in [0.15, 0.2) is 11.6 Å². The zero-order chi connectivity index (χ0) is 28.1. The zero-order valence-electron chi connectivity index (χ0n) is 21.9. The molecule has 0 aliphatic heterocycles. The van der Waals surface area contributed by atoms with E-state index in [1.807, 2.05) is 6.08 Å². The summed E-state index contributed by atoms with van der Waals surface area (Å²) in [5.41, 5.74) is -1.70. The first-order valence-corrected chi connectivity index (χ1v) is 12.2. The molecule has 1 atom stereocenters. The molecule has 2 aromatic carbocycles. The Bertz CT molecular complexity index is 1290. The standard InChI is InChI=1S/C30H32O8/c1-29(2,35)25(31)21-11-7-9-19(15-21)17-37-27(33)23-13-5-6-14-24(23)28(34)38-18-20-10-8-12-22(16-20)26(32)30(3,4)36/h5-15,20,35-36H,16-18H2,1-4H3. The number of benzene rings is 2. The maximum absolute atomic E-state index is 12.8. The van der Waals surface area contributed by atoms with Gasteiger partial charge in [-0.2, -0.15) is 0 Å². The minimum absolute atomic E-state index is 0.0166. The van der Waals surface area contributed by atoms with Gasteiger partial charge in [-0.3, -0.25) is 9.59 Å². The average molecular weight is 521 g/mol. The molecule has 2 N–H and O–H groups in total. The molecule has 200 valence electrons. The van der Waals surface area contributed by atoms with E-state index in [0.29, 0.717) is 17.6 Å². The van der Waals surface area contributed by atoms with E-state index in [1.54, 1.807) is 42.5 Å². The second kappa shape index (κ2) is 11.7. The Morgan fingerprint density at radius 2 is 1.45 bits per heavy atom. The molecule has 38 heavy (non-hydrogen) atoms. The molecule has 3 rings (SSSR count). The van der Waals surface area contributed by atoms with Crippen LogP contribution in [0, 0.1) is 5.92 Å². The first kappa shape index (κ1) is 28.7. The summed E-state index contributed by atoms with van der Waals surface area (Å²) in [7, 11) is 0. The van der Waals surface area contributed by atoms with Gasteiger partial charge >= 0.3 is 11.9 Å². The van der Waals surface area contributed by atoms with Gasteiger partial charge in [0.05, 0.1) is 17.7 Å². The van der Waals surface area contributed by atoms with Crippen molar-refractivity contribution in [1.29, 1.82) is 0 Å². The summed E-state index contributed by atoms with van der Waals surface area (Å²) in [6, 6.07) is 12.5. The van der Waals surface area contributed by atoms with Crippen LogP contribution in [0.1, 0.15) is 70.8 Å². The summed E-state index contributed by atoms with van der Waals surface area (Å²) in [6.45, 7) is 5.47. The lowest BCUT2D eigenvalue weighted by molar-refractivity contribution is -0.130. The molecule has 1 unspecified atom stereocenters. The lowest BCUT2D eigenvalue weighted by atomic mass is 9.87. The van der Waals surface area contributed by atoms with Gasteiger partial charge in [-0.25, -0.2) is 9.59 Å². The van der Waals surface area contributed by atoms with Crippen LogP contribution in [0.5, 0.6) is 0 Å². The lowest BCUT2D eigenvalue weighted by Crippen LogP contribution is -2.33. The molecule has 0 fully saturated rings. The molecule has 0 aromatic heterocycles. The Morgan fingerprint density at radius 3 is 2.05 bits per heavy atom. The fourth-order valence-corrected chi connectivity index (χ4v) is 3.90. The van der Waals surface area contributed by atoms with Crippen LogP contribution in [-0.2, 0) is 20.9 Å². The van der Waals surface area contributed by atoms with Crippen molar-refractivity contribution in [3.05, 3.63) is 94.6 Å². The largest absolute Gasteiger partial charge is 0.461 e. The van der Waals surface area contributed by atoms with Gasteiger partial charge in [0.25, 0.3) is 0 Å². The Labute approximate surface area is 221 Å². The smallest absolute Gasteiger partial charge is 0.339 e. The van der Waals surface area contributed by atoms with Gasteiger partial charge in [0.2, 0.25) is 0 Å². The van der Waals surface area contributed by atoms with Gasteiger partial charge in [-0.15, -0.1) is 0 Å². The monoisotopic (exact) mass is 520 g/mol. The van der Waals surface area contributed by atoms with E-state index in [0.717, 1.165) is 0 Å². The van der Waals surface area contributed by atoms with Crippen molar-refractivity contribution < 1.29 is 38.9 Å². The SMILES string of the molecule is CC(C)(O)C(=O)C1=CC=CC(COC(=O)c2ccccc2C(=O)OCc2cccc(C(=O)C(C)(C)O)c2)C1. The number of rotatable bonds is 10. The van der Waals surface area contributed by atoms with E-state index in [1.165, 1.54) is 45.9 Å². The fraction of sp³-hybridized carbons (Fsp3) is 0.333. The third-order valence-electron chi connectivity index (χ3n) is 5.92. The zero-order valence-corrected chi connectivity index (χ0v) is 21.9. The number of hydrogen-bond donors (Lipinski definition) is 2. The predicted octanol–water partition coefficient (Wildman–Crippen LogP) is 4.00. The van der Waals surface area contributed by atoms with Crippen LogP contribution in [0.2, 0.25) is 0 Å². The summed E-state index contributed by atoms with van der Waals surface area (Å²) < 4.78 is 10.8. The molecule has 1 aliphatic carbocycles. The average Bonchev–Trinajstić information content (AvgIpc) is 2.88. The number of esters is 2. The van der Waals surface area contributed by atoms with Gasteiger partial charge in [-0.05, 0) is 63.5 Å². The van der Waals surface area contributed by atoms with Crippen molar-refractivity contribution >= 4 is 23.5 Å². The van der Waals surface area contributed by atoms with Crippen LogP contribution in [0.25, 0.3) is 0 Å². The maximum atomic E-state index is 12.8. The van der Waals surface area contributed by atoms with E-state index >= 15 is 0 Å². The molecule has 0 saturated heterocycles. The fourth-order valence-electron chi connectivity index (χ4n) is 3.90. The Kier molecular flexibility index (Phi) is 8.81. The van der Waals surface area contributed by atoms with E-state index in [4.69, 9.17) is 9.47 Å². The van der Waals surface area contributed by atoms with Crippen LogP contribution >= 0.6 is 0 Å². The topological polar surface area (TPSA) is 127 Å². The molecule has 0 spiro atoms. The number of carbonyl (C=O) groups excluding carboxylic acids is 4. The Morgan fingerprint density at radius 1 is 0.842 bits per heavy atom. The van der Waals surface area contributed by atoms with E-state index in [-0.39, 0.29) is 41.6 Å². The number of ether oxygens (including phenoxy) is 2. The third-order valence-corrected chi connectivity index (χ3v) is 5.92. The number of allylic oxidation sites excluding steroid dienone is 2. The maximum Gasteiger partial charge on any atom is 0.339 e. The number of ketones is 2. The number of Topliss-reactive ketones (excluding diaryl/α,β-unsaturated/α-hetero) is 2. The van der Waals surface area contributed by atoms with E-state index in [2.05, 4.69) is 0 Å². The second-order valence-electron chi connectivity index (χ2n) is 10.2. The van der Waals surface area contributed by atoms with Crippen molar-refractivity contribution in [2.75, 3.05) is 6.61 Å². The van der Waals surface area contributed by atoms with Crippen molar-refractivity contribution in [3.8, 4) is 0 Å². The summed E-state index contributed by atoms with van der Waals surface area (Å²) in [4.78, 5) is 50.4. The molecule has 0 radical (unpaired) electrons. The summed E-state index contributed by atoms with van der Waals surface area (Å²) >= 11 is 0. The van der Waals surface area contributed by atoms with Crippen molar-refractivity contribution in [2.24, 2.45) is 5.92 Å². The summed E-state index contributed by atoms with van der Waals surface area (Å²) in [5, 5.41) is 20.0. The molecule has 8 heteroatoms. The van der Waals surface area contributed by atoms with Crippen molar-refractivity contribution in [3.63, 3.8) is 0 Å². The Balaban J connectivity index is 1.63. The van der Waals surface area contributed by atoms with Crippen molar-refractivity contribution in [1.82, 2.24) is 0 Å². The normalized spacial score (nSPS) is 15.4. The van der Waals surface area contributed by atoms with Gasteiger partial charge in [0, 0.05) is 11.5 Å². The molecular formula is C30H32O8. The van der Waals surface area contributed by atoms with Crippen LogP contribution < -0.4 is 0 Å². The number of aliphatic hydroxyl groups is 2. The van der Waals surface area contributed by atoms with Gasteiger partial charge in [0.1, 0.15) is 17.8 Å². The summed E-state index contributed by atoms with van der Waals surface area (Å²) in [6.07, 6.45) is 5.45. The highest BCUT2D eigenvalue weighted by Gasteiger charge is 2.30. The van der Waals surface area contributed by atoms with Crippen molar-refractivity contribution in [2.45, 2.75) is 51.9 Å². The molecule has 0 bridgehead atoms. The van der Waals surface area contributed by atoms with Crippen LogP contribution in [0.4, 0.5) is 0 Å². The first-order valence-electron chi connectivity index (χ1n) is 12.2. The van der Waals surface area contributed by atoms with Crippen LogP contribution in [0.15, 0.2) is 72.3 Å². The van der Waals surface area contributed by atoms with E-state index < -0.39 is 28.9 Å². The quantitative estimate of drug-likeness (QED) is 0.356. The third kappa shape index (κ3) is 7.34. The first-order chi connectivity index (χ1) is 17.8. The summed E-state index contributed by atoms with van der Waals surface area (Å²) in [5.74, 6) is -2.56. The Hall–Kier alpha value is -3.88. The molecule has 0 amide bonds. The van der Waals surface area contributed by atoms with Crippen LogP contribution in [-0.4, -0.2) is 51.5 Å². The highest BCUT2D eigenvalue weighted by atomic mass is 16.5. The molecule has 2 aromatic rings. The lowest BCUT2D eigenvalue weighted by Gasteiger charge is -2.22. The molecule has 0 saturated carbocycles. The minimum Gasteiger partial charge on any atom is -0.461 e. The molecule has 1 aliphatic rings. The molecular weight excluding hydrogens is 488 g/mol.